The SMILES string of the molecule is Cc1ccccc1C(CCN1CCCCC1)NC(=O)c1ccc2ccccc2n1.O=C(O)C=CC(=O)O. The molecule has 1 atom stereocenters. The molecule has 0 spiro atoms. The van der Waals surface area contributed by atoms with Crippen LogP contribution < -0.4 is 5.32 Å². The van der Waals surface area contributed by atoms with Gasteiger partial charge in [-0.15, -0.1) is 0 Å². The van der Waals surface area contributed by atoms with Gasteiger partial charge in [-0.3, -0.25) is 4.79 Å². The summed E-state index contributed by atoms with van der Waals surface area (Å²) in [6.45, 7) is 5.45. The van der Waals surface area contributed by atoms with Crippen LogP contribution in [0.25, 0.3) is 10.9 Å². The minimum Gasteiger partial charge on any atom is -0.478 e. The molecule has 8 nitrogen and oxygen atoms in total. The van der Waals surface area contributed by atoms with Gasteiger partial charge in [-0.2, -0.15) is 0 Å². The average molecular weight is 504 g/mol. The van der Waals surface area contributed by atoms with Crippen LogP contribution in [0.4, 0.5) is 0 Å². The van der Waals surface area contributed by atoms with Gasteiger partial charge in [0, 0.05) is 24.1 Å². The van der Waals surface area contributed by atoms with E-state index in [4.69, 9.17) is 10.2 Å². The fourth-order valence-corrected chi connectivity index (χ4v) is 4.35. The number of hydrogen-bond acceptors (Lipinski definition) is 5. The highest BCUT2D eigenvalue weighted by Gasteiger charge is 2.20. The van der Waals surface area contributed by atoms with E-state index in [-0.39, 0.29) is 11.9 Å². The van der Waals surface area contributed by atoms with E-state index in [9.17, 15) is 14.4 Å². The maximum atomic E-state index is 13.0. The Morgan fingerprint density at radius 3 is 2.24 bits per heavy atom. The topological polar surface area (TPSA) is 120 Å². The van der Waals surface area contributed by atoms with Crippen LogP contribution in [-0.4, -0.2) is 57.6 Å². The summed E-state index contributed by atoms with van der Waals surface area (Å²) in [6.07, 6.45) is 5.92. The molecule has 4 rings (SSSR count). The molecule has 1 fully saturated rings. The lowest BCUT2D eigenvalue weighted by Gasteiger charge is -2.29. The number of pyridine rings is 1. The molecule has 37 heavy (non-hydrogen) atoms. The van der Waals surface area contributed by atoms with Crippen LogP contribution in [0.1, 0.15) is 53.3 Å². The second-order valence-corrected chi connectivity index (χ2v) is 8.97. The number of piperidine rings is 1. The van der Waals surface area contributed by atoms with Gasteiger partial charge in [-0.05, 0) is 62.5 Å². The molecule has 2 heterocycles. The normalized spacial score (nSPS) is 14.5. The predicted molar refractivity (Wildman–Crippen MR) is 142 cm³/mol. The van der Waals surface area contributed by atoms with E-state index in [1.807, 2.05) is 42.5 Å². The van der Waals surface area contributed by atoms with E-state index >= 15 is 0 Å². The molecule has 1 amide bonds. The standard InChI is InChI=1S/C25H29N3O.C4H4O4/c1-19-9-3-5-11-21(19)23(15-18-28-16-7-2-8-17-28)27-25(29)24-14-13-20-10-4-6-12-22(20)26-24;5-3(6)1-2-4(7)8/h3-6,9-14,23H,2,7-8,15-18H2,1H3,(H,27,29);1-2H,(H,5,6)(H,7,8). The highest BCUT2D eigenvalue weighted by molar-refractivity contribution is 5.95. The summed E-state index contributed by atoms with van der Waals surface area (Å²) in [5.74, 6) is -2.62. The number of nitrogens with zero attached hydrogens (tertiary/aromatic N) is 2. The Hall–Kier alpha value is -4.04. The zero-order chi connectivity index (χ0) is 26.6. The van der Waals surface area contributed by atoms with Gasteiger partial charge in [0.25, 0.3) is 5.91 Å². The molecule has 1 aliphatic heterocycles. The summed E-state index contributed by atoms with van der Waals surface area (Å²) in [5.41, 5.74) is 3.72. The molecule has 1 aromatic heterocycles. The maximum absolute atomic E-state index is 13.0. The first-order valence-corrected chi connectivity index (χ1v) is 12.4. The number of likely N-dealkylation sites (tertiary alicyclic amines) is 1. The van der Waals surface area contributed by atoms with Gasteiger partial charge in [0.1, 0.15) is 5.69 Å². The van der Waals surface area contributed by atoms with Crippen molar-refractivity contribution in [1.82, 2.24) is 15.2 Å². The summed E-state index contributed by atoms with van der Waals surface area (Å²) in [4.78, 5) is 39.2. The van der Waals surface area contributed by atoms with Crippen LogP contribution >= 0.6 is 0 Å². The Kier molecular flexibility index (Phi) is 10.3. The van der Waals surface area contributed by atoms with Gasteiger partial charge < -0.3 is 20.4 Å². The zero-order valence-electron chi connectivity index (χ0n) is 21.0. The quantitative estimate of drug-likeness (QED) is 0.384. The number of rotatable bonds is 8. The number of aromatic nitrogens is 1. The third kappa shape index (κ3) is 8.84. The van der Waals surface area contributed by atoms with Gasteiger partial charge in [0.15, 0.2) is 0 Å². The monoisotopic (exact) mass is 503 g/mol. The predicted octanol–water partition coefficient (Wildman–Crippen LogP) is 4.60. The molecular weight excluding hydrogens is 470 g/mol. The Balaban J connectivity index is 0.000000414. The molecule has 0 radical (unpaired) electrons. The third-order valence-corrected chi connectivity index (χ3v) is 6.25. The van der Waals surface area contributed by atoms with E-state index in [0.29, 0.717) is 17.8 Å². The van der Waals surface area contributed by atoms with Crippen LogP contribution in [0.15, 0.2) is 72.8 Å². The molecule has 3 aromatic rings. The highest BCUT2D eigenvalue weighted by atomic mass is 16.4. The molecule has 1 unspecified atom stereocenters. The highest BCUT2D eigenvalue weighted by Crippen LogP contribution is 2.23. The Labute approximate surface area is 216 Å². The van der Waals surface area contributed by atoms with Gasteiger partial charge >= 0.3 is 11.9 Å². The zero-order valence-corrected chi connectivity index (χ0v) is 21.0. The summed E-state index contributed by atoms with van der Waals surface area (Å²) < 4.78 is 0. The summed E-state index contributed by atoms with van der Waals surface area (Å²) in [7, 11) is 0. The average Bonchev–Trinajstić information content (AvgIpc) is 2.91. The number of carbonyl (C=O) groups is 3. The van der Waals surface area contributed by atoms with Crippen molar-refractivity contribution in [2.75, 3.05) is 19.6 Å². The molecule has 3 N–H and O–H groups in total. The number of aliphatic carboxylic acids is 2. The van der Waals surface area contributed by atoms with Crippen molar-refractivity contribution < 1.29 is 24.6 Å². The number of fused-ring (bicyclic) bond motifs is 1. The molecule has 1 aliphatic rings. The Bertz CT molecular complexity index is 1240. The van der Waals surface area contributed by atoms with Gasteiger partial charge in [0.2, 0.25) is 0 Å². The van der Waals surface area contributed by atoms with Crippen molar-refractivity contribution >= 4 is 28.7 Å². The van der Waals surface area contributed by atoms with Crippen LogP contribution in [0, 0.1) is 6.92 Å². The van der Waals surface area contributed by atoms with Crippen molar-refractivity contribution in [1.29, 1.82) is 0 Å². The van der Waals surface area contributed by atoms with E-state index in [0.717, 1.165) is 23.9 Å². The van der Waals surface area contributed by atoms with Crippen LogP contribution in [-0.2, 0) is 9.59 Å². The minimum absolute atomic E-state index is 0.0149. The first kappa shape index (κ1) is 27.5. The van der Waals surface area contributed by atoms with Crippen molar-refractivity contribution in [3.63, 3.8) is 0 Å². The number of amides is 1. The fourth-order valence-electron chi connectivity index (χ4n) is 4.35. The van der Waals surface area contributed by atoms with E-state index in [1.165, 1.54) is 43.5 Å². The van der Waals surface area contributed by atoms with Crippen molar-refractivity contribution in [3.8, 4) is 0 Å². The van der Waals surface area contributed by atoms with E-state index < -0.39 is 11.9 Å². The van der Waals surface area contributed by atoms with Gasteiger partial charge in [0.05, 0.1) is 11.6 Å². The van der Waals surface area contributed by atoms with Gasteiger partial charge in [-0.1, -0.05) is 55.0 Å². The number of carbonyl (C=O) groups excluding carboxylic acids is 1. The molecule has 8 heteroatoms. The summed E-state index contributed by atoms with van der Waals surface area (Å²) >= 11 is 0. The van der Waals surface area contributed by atoms with Gasteiger partial charge in [-0.25, -0.2) is 14.6 Å². The van der Waals surface area contributed by atoms with Crippen molar-refractivity contribution in [2.24, 2.45) is 0 Å². The molecule has 194 valence electrons. The summed E-state index contributed by atoms with van der Waals surface area (Å²) in [5, 5.41) is 19.9. The largest absolute Gasteiger partial charge is 0.478 e. The second-order valence-electron chi connectivity index (χ2n) is 8.97. The number of benzene rings is 2. The molecular formula is C29H33N3O5. The number of carboxylic acids is 2. The molecule has 1 saturated heterocycles. The van der Waals surface area contributed by atoms with Crippen LogP contribution in [0.3, 0.4) is 0 Å². The molecule has 0 bridgehead atoms. The van der Waals surface area contributed by atoms with E-state index in [2.05, 4.69) is 40.3 Å². The Morgan fingerprint density at radius 2 is 1.57 bits per heavy atom. The second kappa shape index (κ2) is 13.9. The number of hydrogen-bond donors (Lipinski definition) is 3. The number of carboxylic acid groups (broad SMARTS) is 2. The lowest BCUT2D eigenvalue weighted by atomic mass is 9.98. The van der Waals surface area contributed by atoms with Crippen LogP contribution in [0.2, 0.25) is 0 Å². The van der Waals surface area contributed by atoms with Crippen LogP contribution in [0.5, 0.6) is 0 Å². The maximum Gasteiger partial charge on any atom is 0.328 e. The number of aryl methyl sites for hydroxylation is 1. The smallest absolute Gasteiger partial charge is 0.328 e. The first-order valence-electron chi connectivity index (χ1n) is 12.4. The molecule has 2 aromatic carbocycles. The first-order chi connectivity index (χ1) is 17.8. The Morgan fingerprint density at radius 1 is 0.919 bits per heavy atom. The molecule has 0 aliphatic carbocycles. The summed E-state index contributed by atoms with van der Waals surface area (Å²) in [6, 6.07) is 20.0. The fraction of sp³-hybridized carbons (Fsp3) is 0.310. The van der Waals surface area contributed by atoms with Crippen molar-refractivity contribution in [2.45, 2.75) is 38.6 Å². The lowest BCUT2D eigenvalue weighted by molar-refractivity contribution is -0.134. The number of nitrogens with one attached hydrogen (secondary N) is 1. The van der Waals surface area contributed by atoms with E-state index in [1.54, 1.807) is 0 Å². The number of para-hydroxylation sites is 1. The molecule has 0 saturated carbocycles. The van der Waals surface area contributed by atoms with Crippen molar-refractivity contribution in [3.05, 3.63) is 89.6 Å². The minimum atomic E-state index is -1.26. The lowest BCUT2D eigenvalue weighted by Crippen LogP contribution is -2.35. The third-order valence-electron chi connectivity index (χ3n) is 6.25.